The molecule has 0 aliphatic rings. The molecule has 4 heteroatoms. The molecule has 0 saturated carbocycles. The van der Waals surface area contributed by atoms with Gasteiger partial charge in [-0.05, 0) is 19.0 Å². The molecule has 14 heavy (non-hydrogen) atoms. The van der Waals surface area contributed by atoms with Gasteiger partial charge < -0.3 is 5.32 Å². The van der Waals surface area contributed by atoms with E-state index in [2.05, 4.69) is 29.1 Å². The molecule has 0 amide bonds. The summed E-state index contributed by atoms with van der Waals surface area (Å²) in [5.41, 5.74) is 0. The third-order valence-corrected chi connectivity index (χ3v) is 2.98. The fourth-order valence-corrected chi connectivity index (χ4v) is 2.12. The van der Waals surface area contributed by atoms with Crippen molar-refractivity contribution < 1.29 is 0 Å². The lowest BCUT2D eigenvalue weighted by Crippen LogP contribution is -2.30. The van der Waals surface area contributed by atoms with Crippen LogP contribution in [0.15, 0.2) is 23.6 Å². The van der Waals surface area contributed by atoms with Gasteiger partial charge in [-0.2, -0.15) is 0 Å². The van der Waals surface area contributed by atoms with Gasteiger partial charge in [-0.25, -0.2) is 9.97 Å². The van der Waals surface area contributed by atoms with Gasteiger partial charge in [0.1, 0.15) is 0 Å². The van der Waals surface area contributed by atoms with Crippen LogP contribution in [-0.2, 0) is 0 Å². The molecule has 1 N–H and O–H groups in total. The Labute approximate surface area is 89.7 Å². The fourth-order valence-electron chi connectivity index (χ4n) is 1.14. The Hall–Kier alpha value is -0.610. The standard InChI is InChI=1S/C10H17N3S/c1-3-9(11-4-2)8-14-10-12-6-5-7-13-10/h5-7,9,11H,3-4,8H2,1-2H3. The zero-order valence-corrected chi connectivity index (χ0v) is 9.55. The van der Waals surface area contributed by atoms with Crippen LogP contribution in [0.1, 0.15) is 20.3 Å². The monoisotopic (exact) mass is 211 g/mol. The summed E-state index contributed by atoms with van der Waals surface area (Å²) in [4.78, 5) is 8.34. The van der Waals surface area contributed by atoms with Gasteiger partial charge in [0.2, 0.25) is 0 Å². The lowest BCUT2D eigenvalue weighted by atomic mass is 10.2. The van der Waals surface area contributed by atoms with Crippen LogP contribution >= 0.6 is 11.8 Å². The number of hydrogen-bond donors (Lipinski definition) is 1. The summed E-state index contributed by atoms with van der Waals surface area (Å²) in [5.74, 6) is 1.04. The smallest absolute Gasteiger partial charge is 0.187 e. The number of rotatable bonds is 6. The molecule has 1 atom stereocenters. The normalized spacial score (nSPS) is 12.7. The van der Waals surface area contributed by atoms with E-state index < -0.39 is 0 Å². The van der Waals surface area contributed by atoms with Crippen LogP contribution in [0, 0.1) is 0 Å². The van der Waals surface area contributed by atoms with Crippen molar-refractivity contribution >= 4 is 11.8 Å². The summed E-state index contributed by atoms with van der Waals surface area (Å²) >= 11 is 1.71. The molecule has 1 heterocycles. The van der Waals surface area contributed by atoms with E-state index in [0.717, 1.165) is 23.9 Å². The predicted molar refractivity (Wildman–Crippen MR) is 60.5 cm³/mol. The van der Waals surface area contributed by atoms with Gasteiger partial charge in [-0.15, -0.1) is 0 Å². The van der Waals surface area contributed by atoms with Crippen LogP contribution in [0.4, 0.5) is 0 Å². The van der Waals surface area contributed by atoms with Crippen molar-refractivity contribution in [3.63, 3.8) is 0 Å². The van der Waals surface area contributed by atoms with E-state index in [-0.39, 0.29) is 0 Å². The molecule has 1 rings (SSSR count). The second-order valence-electron chi connectivity index (χ2n) is 3.01. The van der Waals surface area contributed by atoms with E-state index in [1.165, 1.54) is 0 Å². The molecule has 0 bridgehead atoms. The van der Waals surface area contributed by atoms with E-state index in [1.54, 1.807) is 24.2 Å². The number of nitrogens with zero attached hydrogens (tertiary/aromatic N) is 2. The highest BCUT2D eigenvalue weighted by atomic mass is 32.2. The molecule has 0 aliphatic carbocycles. The minimum absolute atomic E-state index is 0.564. The zero-order chi connectivity index (χ0) is 10.2. The Bertz CT molecular complexity index is 240. The zero-order valence-electron chi connectivity index (χ0n) is 8.73. The summed E-state index contributed by atoms with van der Waals surface area (Å²) in [5, 5.41) is 4.29. The van der Waals surface area contributed by atoms with E-state index >= 15 is 0 Å². The van der Waals surface area contributed by atoms with Crippen molar-refractivity contribution in [2.45, 2.75) is 31.5 Å². The summed E-state index contributed by atoms with van der Waals surface area (Å²) in [6.07, 6.45) is 4.71. The molecule has 1 aromatic rings. The summed E-state index contributed by atoms with van der Waals surface area (Å²) in [6.45, 7) is 5.35. The lowest BCUT2D eigenvalue weighted by molar-refractivity contribution is 0.560. The highest BCUT2D eigenvalue weighted by molar-refractivity contribution is 7.99. The average Bonchev–Trinajstić information content (AvgIpc) is 2.25. The van der Waals surface area contributed by atoms with Crippen molar-refractivity contribution in [1.29, 1.82) is 0 Å². The van der Waals surface area contributed by atoms with Gasteiger partial charge in [0.25, 0.3) is 0 Å². The Morgan fingerprint density at radius 1 is 1.36 bits per heavy atom. The third-order valence-electron chi connectivity index (χ3n) is 1.94. The molecule has 78 valence electrons. The quantitative estimate of drug-likeness (QED) is 0.576. The molecule has 0 fully saturated rings. The summed E-state index contributed by atoms with van der Waals surface area (Å²) in [6, 6.07) is 2.40. The maximum Gasteiger partial charge on any atom is 0.187 e. The topological polar surface area (TPSA) is 37.8 Å². The van der Waals surface area contributed by atoms with E-state index in [1.807, 2.05) is 6.07 Å². The SMILES string of the molecule is CCNC(CC)CSc1ncccn1. The van der Waals surface area contributed by atoms with Gasteiger partial charge in [-0.3, -0.25) is 0 Å². The van der Waals surface area contributed by atoms with Gasteiger partial charge in [-0.1, -0.05) is 25.6 Å². The molecule has 1 unspecified atom stereocenters. The number of aromatic nitrogens is 2. The summed E-state index contributed by atoms with van der Waals surface area (Å²) in [7, 11) is 0. The highest BCUT2D eigenvalue weighted by Gasteiger charge is 2.05. The first-order chi connectivity index (χ1) is 6.86. The maximum atomic E-state index is 4.17. The summed E-state index contributed by atoms with van der Waals surface area (Å²) < 4.78 is 0. The number of hydrogen-bond acceptors (Lipinski definition) is 4. The molecule has 0 saturated heterocycles. The Morgan fingerprint density at radius 2 is 2.07 bits per heavy atom. The molecule has 1 aromatic heterocycles. The van der Waals surface area contributed by atoms with E-state index in [0.29, 0.717) is 6.04 Å². The van der Waals surface area contributed by atoms with Gasteiger partial charge >= 0.3 is 0 Å². The average molecular weight is 211 g/mol. The molecular formula is C10H17N3S. The Kier molecular flexibility index (Phi) is 5.56. The predicted octanol–water partition coefficient (Wildman–Crippen LogP) is 1.96. The van der Waals surface area contributed by atoms with Crippen LogP contribution < -0.4 is 5.32 Å². The first-order valence-electron chi connectivity index (χ1n) is 5.00. The molecular weight excluding hydrogens is 194 g/mol. The van der Waals surface area contributed by atoms with Crippen molar-refractivity contribution in [3.05, 3.63) is 18.5 Å². The minimum Gasteiger partial charge on any atom is -0.313 e. The fraction of sp³-hybridized carbons (Fsp3) is 0.600. The second kappa shape index (κ2) is 6.79. The Balaban J connectivity index is 2.32. The Morgan fingerprint density at radius 3 is 2.64 bits per heavy atom. The van der Waals surface area contributed by atoms with Crippen LogP contribution in [-0.4, -0.2) is 28.3 Å². The largest absolute Gasteiger partial charge is 0.313 e. The van der Waals surface area contributed by atoms with Crippen LogP contribution in [0.25, 0.3) is 0 Å². The van der Waals surface area contributed by atoms with Gasteiger partial charge in [0.15, 0.2) is 5.16 Å². The highest BCUT2D eigenvalue weighted by Crippen LogP contribution is 2.13. The van der Waals surface area contributed by atoms with Gasteiger partial charge in [0.05, 0.1) is 0 Å². The molecule has 3 nitrogen and oxygen atoms in total. The molecule has 0 spiro atoms. The van der Waals surface area contributed by atoms with Crippen molar-refractivity contribution in [2.24, 2.45) is 0 Å². The van der Waals surface area contributed by atoms with Crippen LogP contribution in [0.3, 0.4) is 0 Å². The van der Waals surface area contributed by atoms with E-state index in [9.17, 15) is 0 Å². The molecule has 0 aromatic carbocycles. The van der Waals surface area contributed by atoms with Crippen molar-refractivity contribution in [3.8, 4) is 0 Å². The van der Waals surface area contributed by atoms with Crippen LogP contribution in [0.2, 0.25) is 0 Å². The second-order valence-corrected chi connectivity index (χ2v) is 3.99. The van der Waals surface area contributed by atoms with Crippen LogP contribution in [0.5, 0.6) is 0 Å². The maximum absolute atomic E-state index is 4.17. The van der Waals surface area contributed by atoms with E-state index in [4.69, 9.17) is 0 Å². The number of thioether (sulfide) groups is 1. The van der Waals surface area contributed by atoms with Gasteiger partial charge in [0, 0.05) is 24.2 Å². The molecule has 0 radical (unpaired) electrons. The molecule has 0 aliphatic heterocycles. The van der Waals surface area contributed by atoms with Crippen molar-refractivity contribution in [2.75, 3.05) is 12.3 Å². The lowest BCUT2D eigenvalue weighted by Gasteiger charge is -2.13. The third kappa shape index (κ3) is 4.07. The number of nitrogens with one attached hydrogen (secondary N) is 1. The minimum atomic E-state index is 0.564. The first-order valence-corrected chi connectivity index (χ1v) is 5.98. The first kappa shape index (κ1) is 11.5. The van der Waals surface area contributed by atoms with Crippen molar-refractivity contribution in [1.82, 2.24) is 15.3 Å².